The van der Waals surface area contributed by atoms with E-state index in [1.807, 2.05) is 23.0 Å². The summed E-state index contributed by atoms with van der Waals surface area (Å²) in [6.45, 7) is 2.85. The second-order valence-electron chi connectivity index (χ2n) is 5.55. The number of fused-ring (bicyclic) bond motifs is 1. The fourth-order valence-corrected chi connectivity index (χ4v) is 2.60. The number of aromatic nitrogens is 2. The SMILES string of the molecule is COCCC1(CNCc2cnn3ccccc23)CC1. The number of methoxy groups -OCH3 is 1. The van der Waals surface area contributed by atoms with E-state index in [9.17, 15) is 0 Å². The van der Waals surface area contributed by atoms with Gasteiger partial charge in [-0.3, -0.25) is 0 Å². The summed E-state index contributed by atoms with van der Waals surface area (Å²) >= 11 is 0. The van der Waals surface area contributed by atoms with Gasteiger partial charge in [0.05, 0.1) is 11.7 Å². The van der Waals surface area contributed by atoms with Gasteiger partial charge in [0.1, 0.15) is 0 Å². The minimum absolute atomic E-state index is 0.499. The third kappa shape index (κ3) is 2.80. The zero-order valence-electron chi connectivity index (χ0n) is 11.4. The summed E-state index contributed by atoms with van der Waals surface area (Å²) in [4.78, 5) is 0. The van der Waals surface area contributed by atoms with E-state index in [0.717, 1.165) is 19.7 Å². The van der Waals surface area contributed by atoms with Crippen LogP contribution in [0.3, 0.4) is 0 Å². The van der Waals surface area contributed by atoms with Gasteiger partial charge in [0, 0.05) is 38.6 Å². The van der Waals surface area contributed by atoms with E-state index in [-0.39, 0.29) is 0 Å². The first-order chi connectivity index (χ1) is 9.33. The number of nitrogens with zero attached hydrogens (tertiary/aromatic N) is 2. The van der Waals surface area contributed by atoms with Gasteiger partial charge in [0.15, 0.2) is 0 Å². The summed E-state index contributed by atoms with van der Waals surface area (Å²) in [6, 6.07) is 6.17. The fourth-order valence-electron chi connectivity index (χ4n) is 2.60. The van der Waals surface area contributed by atoms with Crippen LogP contribution in [0.25, 0.3) is 5.52 Å². The molecule has 1 fully saturated rings. The number of ether oxygens (including phenoxy) is 1. The highest BCUT2D eigenvalue weighted by Gasteiger charge is 2.41. The van der Waals surface area contributed by atoms with Crippen LogP contribution in [0.2, 0.25) is 0 Å². The molecule has 0 amide bonds. The Morgan fingerprint density at radius 2 is 2.32 bits per heavy atom. The molecule has 2 heterocycles. The minimum atomic E-state index is 0.499. The Kier molecular flexibility index (Phi) is 3.53. The summed E-state index contributed by atoms with van der Waals surface area (Å²) in [5, 5.41) is 7.94. The molecule has 102 valence electrons. The average molecular weight is 259 g/mol. The largest absolute Gasteiger partial charge is 0.385 e. The zero-order chi connectivity index (χ0) is 13.1. The maximum atomic E-state index is 5.19. The van der Waals surface area contributed by atoms with Crippen molar-refractivity contribution >= 4 is 5.52 Å². The molecule has 1 N–H and O–H groups in total. The summed E-state index contributed by atoms with van der Waals surface area (Å²) < 4.78 is 7.11. The third-order valence-electron chi connectivity index (χ3n) is 4.12. The molecule has 2 aromatic heterocycles. The van der Waals surface area contributed by atoms with Crippen molar-refractivity contribution < 1.29 is 4.74 Å². The molecular formula is C15H21N3O. The van der Waals surface area contributed by atoms with Gasteiger partial charge in [-0.1, -0.05) is 6.07 Å². The highest BCUT2D eigenvalue weighted by molar-refractivity contribution is 5.53. The molecule has 1 aliphatic carbocycles. The van der Waals surface area contributed by atoms with Gasteiger partial charge in [-0.05, 0) is 36.8 Å². The van der Waals surface area contributed by atoms with E-state index < -0.39 is 0 Å². The van der Waals surface area contributed by atoms with Crippen molar-refractivity contribution in [1.82, 2.24) is 14.9 Å². The Bertz CT molecular complexity index is 545. The van der Waals surface area contributed by atoms with Crippen LogP contribution in [0.1, 0.15) is 24.8 Å². The Morgan fingerprint density at radius 3 is 3.11 bits per heavy atom. The quantitative estimate of drug-likeness (QED) is 0.828. The van der Waals surface area contributed by atoms with Gasteiger partial charge < -0.3 is 10.1 Å². The van der Waals surface area contributed by atoms with E-state index >= 15 is 0 Å². The highest BCUT2D eigenvalue weighted by atomic mass is 16.5. The number of hydrogen-bond donors (Lipinski definition) is 1. The molecule has 3 rings (SSSR count). The number of nitrogens with one attached hydrogen (secondary N) is 1. The summed E-state index contributed by atoms with van der Waals surface area (Å²) in [5.74, 6) is 0. The second-order valence-corrected chi connectivity index (χ2v) is 5.55. The Morgan fingerprint density at radius 1 is 1.42 bits per heavy atom. The normalized spacial score (nSPS) is 16.9. The monoisotopic (exact) mass is 259 g/mol. The van der Waals surface area contributed by atoms with E-state index in [2.05, 4.69) is 22.5 Å². The van der Waals surface area contributed by atoms with Crippen LogP contribution in [-0.2, 0) is 11.3 Å². The molecule has 19 heavy (non-hydrogen) atoms. The van der Waals surface area contributed by atoms with Crippen molar-refractivity contribution in [2.75, 3.05) is 20.3 Å². The first-order valence-electron chi connectivity index (χ1n) is 6.94. The van der Waals surface area contributed by atoms with Crippen molar-refractivity contribution in [2.45, 2.75) is 25.8 Å². The lowest BCUT2D eigenvalue weighted by Crippen LogP contribution is -2.24. The summed E-state index contributed by atoms with van der Waals surface area (Å²) in [5.41, 5.74) is 2.96. The molecular weight excluding hydrogens is 238 g/mol. The van der Waals surface area contributed by atoms with Crippen LogP contribution in [0.15, 0.2) is 30.6 Å². The predicted octanol–water partition coefficient (Wildman–Crippen LogP) is 2.24. The minimum Gasteiger partial charge on any atom is -0.385 e. The first kappa shape index (κ1) is 12.6. The fraction of sp³-hybridized carbons (Fsp3) is 0.533. The number of hydrogen-bond acceptors (Lipinski definition) is 3. The van der Waals surface area contributed by atoms with Gasteiger partial charge in [0.2, 0.25) is 0 Å². The van der Waals surface area contributed by atoms with Crippen LogP contribution in [0.5, 0.6) is 0 Å². The Labute approximate surface area is 113 Å². The lowest BCUT2D eigenvalue weighted by molar-refractivity contribution is 0.171. The van der Waals surface area contributed by atoms with Gasteiger partial charge >= 0.3 is 0 Å². The van der Waals surface area contributed by atoms with E-state index in [4.69, 9.17) is 4.74 Å². The molecule has 2 aromatic rings. The van der Waals surface area contributed by atoms with E-state index in [1.54, 1.807) is 7.11 Å². The van der Waals surface area contributed by atoms with Crippen LogP contribution < -0.4 is 5.32 Å². The van der Waals surface area contributed by atoms with Crippen molar-refractivity contribution in [2.24, 2.45) is 5.41 Å². The van der Waals surface area contributed by atoms with Crippen molar-refractivity contribution in [3.8, 4) is 0 Å². The molecule has 0 unspecified atom stereocenters. The molecule has 0 saturated heterocycles. The van der Waals surface area contributed by atoms with Gasteiger partial charge in [-0.25, -0.2) is 4.52 Å². The average Bonchev–Trinajstić information content (AvgIpc) is 3.10. The number of pyridine rings is 1. The summed E-state index contributed by atoms with van der Waals surface area (Å²) in [6.07, 6.45) is 7.78. The highest BCUT2D eigenvalue weighted by Crippen LogP contribution is 2.48. The van der Waals surface area contributed by atoms with Crippen molar-refractivity contribution in [3.05, 3.63) is 36.2 Å². The van der Waals surface area contributed by atoms with Gasteiger partial charge in [0.25, 0.3) is 0 Å². The lowest BCUT2D eigenvalue weighted by atomic mass is 10.0. The van der Waals surface area contributed by atoms with Crippen molar-refractivity contribution in [3.63, 3.8) is 0 Å². The molecule has 1 aliphatic rings. The maximum Gasteiger partial charge on any atom is 0.0706 e. The van der Waals surface area contributed by atoms with Gasteiger partial charge in [-0.2, -0.15) is 5.10 Å². The molecule has 4 nitrogen and oxygen atoms in total. The number of rotatable bonds is 7. The Hall–Kier alpha value is -1.39. The van der Waals surface area contributed by atoms with Crippen LogP contribution in [-0.4, -0.2) is 29.9 Å². The predicted molar refractivity (Wildman–Crippen MR) is 75.1 cm³/mol. The molecule has 4 heteroatoms. The smallest absolute Gasteiger partial charge is 0.0706 e. The molecule has 0 aliphatic heterocycles. The second kappa shape index (κ2) is 5.31. The first-order valence-corrected chi connectivity index (χ1v) is 6.94. The standard InChI is InChI=1S/C15H21N3O/c1-19-9-7-15(5-6-15)12-16-10-13-11-17-18-8-3-2-4-14(13)18/h2-4,8,11,16H,5-7,9-10,12H2,1H3. The zero-order valence-corrected chi connectivity index (χ0v) is 11.4. The molecule has 0 atom stereocenters. The maximum absolute atomic E-state index is 5.19. The van der Waals surface area contributed by atoms with E-state index in [1.165, 1.54) is 30.3 Å². The molecule has 0 radical (unpaired) electrons. The lowest BCUT2D eigenvalue weighted by Gasteiger charge is -2.15. The van der Waals surface area contributed by atoms with Gasteiger partial charge in [-0.15, -0.1) is 0 Å². The van der Waals surface area contributed by atoms with Crippen LogP contribution >= 0.6 is 0 Å². The molecule has 0 spiro atoms. The van der Waals surface area contributed by atoms with E-state index in [0.29, 0.717) is 5.41 Å². The van der Waals surface area contributed by atoms with Crippen LogP contribution in [0, 0.1) is 5.41 Å². The molecule has 1 saturated carbocycles. The van der Waals surface area contributed by atoms with Crippen LogP contribution in [0.4, 0.5) is 0 Å². The van der Waals surface area contributed by atoms with Crippen molar-refractivity contribution in [1.29, 1.82) is 0 Å². The Balaban J connectivity index is 1.55. The molecule has 0 bridgehead atoms. The third-order valence-corrected chi connectivity index (χ3v) is 4.12. The summed E-state index contributed by atoms with van der Waals surface area (Å²) in [7, 11) is 1.78. The topological polar surface area (TPSA) is 38.6 Å². The molecule has 0 aromatic carbocycles.